The Morgan fingerprint density at radius 2 is 1.58 bits per heavy atom. The number of aryl methyl sites for hydroxylation is 2. The van der Waals surface area contributed by atoms with Crippen molar-refractivity contribution in [3.8, 4) is 11.8 Å². The van der Waals surface area contributed by atoms with Gasteiger partial charge in [0.2, 0.25) is 0 Å². The number of carbonyl (C=O) groups excluding carboxylic acids is 1. The molecule has 3 heteroatoms. The van der Waals surface area contributed by atoms with E-state index in [9.17, 15) is 10.1 Å². The highest BCUT2D eigenvalue weighted by atomic mass is 16.5. The van der Waals surface area contributed by atoms with Crippen molar-refractivity contribution in [1.82, 2.24) is 0 Å². The topological polar surface area (TPSA) is 50.1 Å². The molecule has 1 aliphatic rings. The molecular weight excluding hydrogens is 442 g/mol. The van der Waals surface area contributed by atoms with E-state index in [1.807, 2.05) is 18.2 Å². The minimum absolute atomic E-state index is 0.0825. The van der Waals surface area contributed by atoms with Crippen LogP contribution in [0.2, 0.25) is 0 Å². The summed E-state index contributed by atoms with van der Waals surface area (Å²) < 4.78 is 5.74. The molecule has 0 radical (unpaired) electrons. The molecular formula is C33H45NO2. The Morgan fingerprint density at radius 1 is 0.917 bits per heavy atom. The van der Waals surface area contributed by atoms with Gasteiger partial charge in [0.15, 0.2) is 0 Å². The van der Waals surface area contributed by atoms with Crippen LogP contribution in [0.5, 0.6) is 5.75 Å². The number of rotatable bonds is 13. The lowest BCUT2D eigenvalue weighted by Crippen LogP contribution is -2.25. The number of hydrogen-bond acceptors (Lipinski definition) is 3. The SMILES string of the molecule is CCCCCCCCc1ccc(OC(=O)C2CCC(c3ccc(CCC(C)C)cc3)CC2)c(C#N)c1. The van der Waals surface area contributed by atoms with Crippen LogP contribution in [0.15, 0.2) is 42.5 Å². The molecule has 0 amide bonds. The van der Waals surface area contributed by atoms with E-state index < -0.39 is 0 Å². The molecule has 1 saturated carbocycles. The molecule has 2 aromatic rings. The van der Waals surface area contributed by atoms with Crippen LogP contribution >= 0.6 is 0 Å². The van der Waals surface area contributed by atoms with Crippen LogP contribution in [0.4, 0.5) is 0 Å². The summed E-state index contributed by atoms with van der Waals surface area (Å²) in [5.41, 5.74) is 4.43. The molecule has 2 aromatic carbocycles. The Labute approximate surface area is 219 Å². The van der Waals surface area contributed by atoms with Gasteiger partial charge >= 0.3 is 5.97 Å². The van der Waals surface area contributed by atoms with Crippen LogP contribution in [0.25, 0.3) is 0 Å². The summed E-state index contributed by atoms with van der Waals surface area (Å²) in [5, 5.41) is 9.63. The van der Waals surface area contributed by atoms with E-state index in [1.165, 1.54) is 49.7 Å². The third kappa shape index (κ3) is 8.81. The summed E-state index contributed by atoms with van der Waals surface area (Å²) in [4.78, 5) is 12.9. The van der Waals surface area contributed by atoms with Crippen LogP contribution < -0.4 is 4.74 Å². The fourth-order valence-corrected chi connectivity index (χ4v) is 5.28. The van der Waals surface area contributed by atoms with Gasteiger partial charge in [-0.15, -0.1) is 0 Å². The zero-order chi connectivity index (χ0) is 25.8. The molecule has 3 rings (SSSR count). The van der Waals surface area contributed by atoms with Crippen LogP contribution in [0.3, 0.4) is 0 Å². The van der Waals surface area contributed by atoms with E-state index in [0.29, 0.717) is 17.2 Å². The number of unbranched alkanes of at least 4 members (excludes halogenated alkanes) is 5. The first-order valence-electron chi connectivity index (χ1n) is 14.3. The second-order valence-corrected chi connectivity index (χ2v) is 11.1. The Morgan fingerprint density at radius 3 is 2.25 bits per heavy atom. The zero-order valence-corrected chi connectivity index (χ0v) is 22.7. The number of ether oxygens (including phenoxy) is 1. The van der Waals surface area contributed by atoms with Gasteiger partial charge in [0, 0.05) is 0 Å². The molecule has 1 fully saturated rings. The average molecular weight is 488 g/mol. The largest absolute Gasteiger partial charge is 0.425 e. The normalized spacial score (nSPS) is 17.6. The second-order valence-electron chi connectivity index (χ2n) is 11.1. The number of nitrogens with zero attached hydrogens (tertiary/aromatic N) is 1. The first-order chi connectivity index (χ1) is 17.5. The summed E-state index contributed by atoms with van der Waals surface area (Å²) in [5.74, 6) is 1.39. The number of benzene rings is 2. The Kier molecular flexibility index (Phi) is 11.5. The van der Waals surface area contributed by atoms with Crippen molar-refractivity contribution < 1.29 is 9.53 Å². The highest BCUT2D eigenvalue weighted by Gasteiger charge is 2.29. The van der Waals surface area contributed by atoms with Gasteiger partial charge in [0.05, 0.1) is 11.5 Å². The average Bonchev–Trinajstić information content (AvgIpc) is 2.90. The summed E-state index contributed by atoms with van der Waals surface area (Å²) in [6.07, 6.45) is 14.6. The van der Waals surface area contributed by atoms with Crippen molar-refractivity contribution in [3.05, 3.63) is 64.7 Å². The Balaban J connectivity index is 1.46. The molecule has 3 nitrogen and oxygen atoms in total. The van der Waals surface area contributed by atoms with E-state index in [4.69, 9.17) is 4.74 Å². The van der Waals surface area contributed by atoms with Gasteiger partial charge in [-0.05, 0) is 92.0 Å². The molecule has 0 heterocycles. The predicted molar refractivity (Wildman–Crippen MR) is 148 cm³/mol. The van der Waals surface area contributed by atoms with Gasteiger partial charge in [-0.25, -0.2) is 0 Å². The molecule has 1 aliphatic carbocycles. The fraction of sp³-hybridized carbons (Fsp3) is 0.576. The maximum atomic E-state index is 12.9. The summed E-state index contributed by atoms with van der Waals surface area (Å²) in [6.45, 7) is 6.77. The number of hydrogen-bond donors (Lipinski definition) is 0. The van der Waals surface area contributed by atoms with E-state index in [1.54, 1.807) is 0 Å². The minimum atomic E-state index is -0.183. The molecule has 0 aromatic heterocycles. The van der Waals surface area contributed by atoms with Crippen molar-refractivity contribution in [3.63, 3.8) is 0 Å². The summed E-state index contributed by atoms with van der Waals surface area (Å²) in [7, 11) is 0. The van der Waals surface area contributed by atoms with Crippen molar-refractivity contribution in [2.75, 3.05) is 0 Å². The molecule has 36 heavy (non-hydrogen) atoms. The predicted octanol–water partition coefficient (Wildman–Crippen LogP) is 8.93. The molecule has 0 bridgehead atoms. The molecule has 0 N–H and O–H groups in total. The van der Waals surface area contributed by atoms with E-state index in [2.05, 4.69) is 51.1 Å². The quantitative estimate of drug-likeness (QED) is 0.161. The monoisotopic (exact) mass is 487 g/mol. The summed E-state index contributed by atoms with van der Waals surface area (Å²) in [6, 6.07) is 17.1. The van der Waals surface area contributed by atoms with Gasteiger partial charge in [-0.3, -0.25) is 4.79 Å². The Hall–Kier alpha value is -2.60. The van der Waals surface area contributed by atoms with E-state index in [-0.39, 0.29) is 11.9 Å². The second kappa shape index (κ2) is 14.8. The van der Waals surface area contributed by atoms with Crippen LogP contribution in [0.1, 0.15) is 120 Å². The van der Waals surface area contributed by atoms with Crippen LogP contribution in [-0.4, -0.2) is 5.97 Å². The highest BCUT2D eigenvalue weighted by Crippen LogP contribution is 2.37. The maximum absolute atomic E-state index is 12.9. The van der Waals surface area contributed by atoms with Gasteiger partial charge in [0.1, 0.15) is 11.8 Å². The summed E-state index contributed by atoms with van der Waals surface area (Å²) >= 11 is 0. The fourth-order valence-electron chi connectivity index (χ4n) is 5.28. The molecule has 0 unspecified atom stereocenters. The van der Waals surface area contributed by atoms with Crippen LogP contribution in [0, 0.1) is 23.2 Å². The third-order valence-electron chi connectivity index (χ3n) is 7.72. The van der Waals surface area contributed by atoms with Crippen molar-refractivity contribution in [2.24, 2.45) is 11.8 Å². The molecule has 0 saturated heterocycles. The van der Waals surface area contributed by atoms with E-state index >= 15 is 0 Å². The lowest BCUT2D eigenvalue weighted by molar-refractivity contribution is -0.140. The molecule has 194 valence electrons. The third-order valence-corrected chi connectivity index (χ3v) is 7.72. The number of carbonyl (C=O) groups is 1. The van der Waals surface area contributed by atoms with Crippen molar-refractivity contribution >= 4 is 5.97 Å². The molecule has 0 spiro atoms. The van der Waals surface area contributed by atoms with Gasteiger partial charge in [-0.1, -0.05) is 83.2 Å². The van der Waals surface area contributed by atoms with Gasteiger partial charge in [0.25, 0.3) is 0 Å². The van der Waals surface area contributed by atoms with Crippen molar-refractivity contribution in [2.45, 2.75) is 110 Å². The molecule has 0 aliphatic heterocycles. The first-order valence-corrected chi connectivity index (χ1v) is 14.3. The Bertz CT molecular complexity index is 978. The number of nitriles is 1. The molecule has 0 atom stereocenters. The zero-order valence-electron chi connectivity index (χ0n) is 22.7. The van der Waals surface area contributed by atoms with E-state index in [0.717, 1.165) is 56.4 Å². The van der Waals surface area contributed by atoms with Gasteiger partial charge in [-0.2, -0.15) is 5.26 Å². The minimum Gasteiger partial charge on any atom is -0.425 e. The first kappa shape index (κ1) is 28.0. The lowest BCUT2D eigenvalue weighted by Gasteiger charge is -2.27. The van der Waals surface area contributed by atoms with Crippen molar-refractivity contribution in [1.29, 1.82) is 5.26 Å². The van der Waals surface area contributed by atoms with Gasteiger partial charge < -0.3 is 4.74 Å². The smallest absolute Gasteiger partial charge is 0.314 e. The maximum Gasteiger partial charge on any atom is 0.314 e. The highest BCUT2D eigenvalue weighted by molar-refractivity contribution is 5.76. The van der Waals surface area contributed by atoms with Crippen LogP contribution in [-0.2, 0) is 17.6 Å². The number of esters is 1. The standard InChI is InChI=1S/C33H45NO2/c1-4-5-6-7-8-9-10-27-15-22-32(31(23-27)24-34)36-33(35)30-20-18-29(19-21-30)28-16-13-26(14-17-28)12-11-25(2)3/h13-17,22-23,25,29-30H,4-12,18-21H2,1-3H3. The lowest BCUT2D eigenvalue weighted by atomic mass is 9.78.